The Morgan fingerprint density at radius 2 is 1.82 bits per heavy atom. The Morgan fingerprint density at radius 1 is 1.07 bits per heavy atom. The molecule has 12 heteroatoms. The second-order valence-electron chi connectivity index (χ2n) is 9.67. The fourth-order valence-electron chi connectivity index (χ4n) is 4.60. The van der Waals surface area contributed by atoms with E-state index in [1.54, 1.807) is 24.4 Å². The van der Waals surface area contributed by atoms with Crippen molar-refractivity contribution in [3.8, 4) is 17.0 Å². The van der Waals surface area contributed by atoms with Crippen LogP contribution in [0.2, 0.25) is 0 Å². The number of pyridine rings is 1. The van der Waals surface area contributed by atoms with Crippen molar-refractivity contribution >= 4 is 21.5 Å². The van der Waals surface area contributed by atoms with Gasteiger partial charge >= 0.3 is 6.18 Å². The molecule has 0 spiro atoms. The standard InChI is InChI=1S/C28H28F3N5O3S/c1-39-22-8-5-19(6-9-22)13-14-36(27-12-7-20(16-33-27)28(29,30)31)26-11-10-23(40(32,37)38)15-24(26)25-17-35(18-34-25)21-3-2-4-21/h5-12,15-18,21H,2-4,13-14H2,1H3,(H2,32,37,38). The van der Waals surface area contributed by atoms with Gasteiger partial charge in [0.05, 0.1) is 35.3 Å². The van der Waals surface area contributed by atoms with Crippen LogP contribution in [0.15, 0.2) is 78.2 Å². The molecule has 1 aliphatic rings. The fourth-order valence-corrected chi connectivity index (χ4v) is 5.14. The number of benzene rings is 2. The number of anilines is 2. The summed E-state index contributed by atoms with van der Waals surface area (Å²) < 4.78 is 71.5. The summed E-state index contributed by atoms with van der Waals surface area (Å²) in [6, 6.07) is 14.5. The Kier molecular flexibility index (Phi) is 7.56. The van der Waals surface area contributed by atoms with Gasteiger partial charge in [-0.15, -0.1) is 0 Å². The first-order valence-corrected chi connectivity index (χ1v) is 14.2. The van der Waals surface area contributed by atoms with Crippen molar-refractivity contribution in [1.82, 2.24) is 14.5 Å². The predicted molar refractivity (Wildman–Crippen MR) is 145 cm³/mol. The van der Waals surface area contributed by atoms with E-state index in [1.807, 2.05) is 35.0 Å². The van der Waals surface area contributed by atoms with E-state index in [-0.39, 0.29) is 10.7 Å². The minimum absolute atomic E-state index is 0.0973. The summed E-state index contributed by atoms with van der Waals surface area (Å²) in [5.41, 5.74) is 1.63. The molecule has 210 valence electrons. The van der Waals surface area contributed by atoms with Crippen LogP contribution in [-0.4, -0.2) is 36.6 Å². The molecule has 2 aromatic carbocycles. The zero-order valence-electron chi connectivity index (χ0n) is 21.7. The largest absolute Gasteiger partial charge is 0.497 e. The molecule has 5 rings (SSSR count). The lowest BCUT2D eigenvalue weighted by Crippen LogP contribution is -2.23. The average Bonchev–Trinajstić information content (AvgIpc) is 3.36. The van der Waals surface area contributed by atoms with Crippen molar-refractivity contribution in [2.45, 2.75) is 42.8 Å². The normalized spacial score (nSPS) is 14.1. The molecule has 0 atom stereocenters. The smallest absolute Gasteiger partial charge is 0.417 e. The summed E-state index contributed by atoms with van der Waals surface area (Å²) in [7, 11) is -2.46. The number of alkyl halides is 3. The van der Waals surface area contributed by atoms with E-state index >= 15 is 0 Å². The Hall–Kier alpha value is -3.90. The summed E-state index contributed by atoms with van der Waals surface area (Å²) in [6.07, 6.45) is 3.53. The number of hydrogen-bond donors (Lipinski definition) is 1. The van der Waals surface area contributed by atoms with Gasteiger partial charge in [0, 0.05) is 30.5 Å². The molecule has 1 fully saturated rings. The highest BCUT2D eigenvalue weighted by Gasteiger charge is 2.31. The summed E-state index contributed by atoms with van der Waals surface area (Å²) in [5.74, 6) is 0.970. The molecule has 2 heterocycles. The Morgan fingerprint density at radius 3 is 2.40 bits per heavy atom. The molecule has 0 bridgehead atoms. The lowest BCUT2D eigenvalue weighted by atomic mass is 9.93. The van der Waals surface area contributed by atoms with Gasteiger partial charge < -0.3 is 14.2 Å². The van der Waals surface area contributed by atoms with Gasteiger partial charge in [-0.3, -0.25) is 0 Å². The first-order valence-electron chi connectivity index (χ1n) is 12.7. The third kappa shape index (κ3) is 5.97. The van der Waals surface area contributed by atoms with Gasteiger partial charge in [0.2, 0.25) is 10.0 Å². The van der Waals surface area contributed by atoms with Gasteiger partial charge in [0.1, 0.15) is 11.6 Å². The minimum Gasteiger partial charge on any atom is -0.497 e. The molecule has 0 amide bonds. The van der Waals surface area contributed by atoms with Crippen LogP contribution in [0.25, 0.3) is 11.3 Å². The quantitative estimate of drug-likeness (QED) is 0.275. The zero-order valence-corrected chi connectivity index (χ0v) is 22.5. The first kappa shape index (κ1) is 27.7. The number of nitrogens with zero attached hydrogens (tertiary/aromatic N) is 4. The van der Waals surface area contributed by atoms with E-state index in [0.717, 1.165) is 37.1 Å². The van der Waals surface area contributed by atoms with E-state index in [0.29, 0.717) is 41.7 Å². The first-order chi connectivity index (χ1) is 19.0. The molecule has 8 nitrogen and oxygen atoms in total. The number of halogens is 3. The number of primary sulfonamides is 1. The van der Waals surface area contributed by atoms with Crippen LogP contribution < -0.4 is 14.8 Å². The maximum Gasteiger partial charge on any atom is 0.417 e. The molecule has 0 saturated heterocycles. The molecule has 0 radical (unpaired) electrons. The number of hydrogen-bond acceptors (Lipinski definition) is 6. The maximum atomic E-state index is 13.3. The van der Waals surface area contributed by atoms with Gasteiger partial charge in [-0.1, -0.05) is 12.1 Å². The fraction of sp³-hybridized carbons (Fsp3) is 0.286. The topological polar surface area (TPSA) is 103 Å². The predicted octanol–water partition coefficient (Wildman–Crippen LogP) is 5.73. The van der Waals surface area contributed by atoms with Crippen molar-refractivity contribution in [2.75, 3.05) is 18.6 Å². The number of imidazole rings is 1. The summed E-state index contributed by atoms with van der Waals surface area (Å²) in [6.45, 7) is 0.329. The average molecular weight is 572 g/mol. The molecule has 0 unspecified atom stereocenters. The van der Waals surface area contributed by atoms with E-state index in [1.165, 1.54) is 18.2 Å². The molecule has 0 aliphatic heterocycles. The van der Waals surface area contributed by atoms with Crippen LogP contribution in [0.5, 0.6) is 5.75 Å². The third-order valence-corrected chi connectivity index (χ3v) is 8.01. The van der Waals surface area contributed by atoms with Crippen LogP contribution in [-0.2, 0) is 22.6 Å². The van der Waals surface area contributed by atoms with Gasteiger partial charge in [0.25, 0.3) is 0 Å². The van der Waals surface area contributed by atoms with Crippen LogP contribution in [0.4, 0.5) is 24.7 Å². The highest BCUT2D eigenvalue weighted by Crippen LogP contribution is 2.38. The summed E-state index contributed by atoms with van der Waals surface area (Å²) >= 11 is 0. The van der Waals surface area contributed by atoms with Crippen LogP contribution in [0, 0.1) is 0 Å². The van der Waals surface area contributed by atoms with Crippen molar-refractivity contribution in [2.24, 2.45) is 5.14 Å². The van der Waals surface area contributed by atoms with Crippen LogP contribution in [0.3, 0.4) is 0 Å². The molecular weight excluding hydrogens is 543 g/mol. The van der Waals surface area contributed by atoms with E-state index in [4.69, 9.17) is 9.88 Å². The highest BCUT2D eigenvalue weighted by atomic mass is 32.2. The summed E-state index contributed by atoms with van der Waals surface area (Å²) in [4.78, 5) is 10.4. The monoisotopic (exact) mass is 571 g/mol. The molecule has 2 aromatic heterocycles. The second kappa shape index (κ2) is 10.9. The minimum atomic E-state index is -4.53. The van der Waals surface area contributed by atoms with Gasteiger partial charge in [-0.05, 0) is 73.7 Å². The molecule has 1 saturated carbocycles. The Balaban J connectivity index is 1.59. The number of sulfonamides is 1. The number of methoxy groups -OCH3 is 1. The second-order valence-corrected chi connectivity index (χ2v) is 11.2. The van der Waals surface area contributed by atoms with Crippen molar-refractivity contribution in [3.63, 3.8) is 0 Å². The van der Waals surface area contributed by atoms with Crippen LogP contribution >= 0.6 is 0 Å². The van der Waals surface area contributed by atoms with Crippen molar-refractivity contribution in [3.05, 3.63) is 84.4 Å². The maximum absolute atomic E-state index is 13.3. The van der Waals surface area contributed by atoms with Gasteiger partial charge in [-0.25, -0.2) is 23.5 Å². The number of aromatic nitrogens is 3. The van der Waals surface area contributed by atoms with E-state index < -0.39 is 21.8 Å². The number of rotatable bonds is 9. The van der Waals surface area contributed by atoms with Crippen LogP contribution in [0.1, 0.15) is 36.4 Å². The van der Waals surface area contributed by atoms with Crippen molar-refractivity contribution < 1.29 is 26.3 Å². The lowest BCUT2D eigenvalue weighted by molar-refractivity contribution is -0.137. The molecule has 1 aliphatic carbocycles. The molecule has 2 N–H and O–H groups in total. The lowest BCUT2D eigenvalue weighted by Gasteiger charge is -2.27. The van der Waals surface area contributed by atoms with Crippen molar-refractivity contribution in [1.29, 1.82) is 0 Å². The van der Waals surface area contributed by atoms with E-state index in [9.17, 15) is 21.6 Å². The van der Waals surface area contributed by atoms with Gasteiger partial charge in [0.15, 0.2) is 0 Å². The third-order valence-electron chi connectivity index (χ3n) is 7.10. The zero-order chi connectivity index (χ0) is 28.5. The molecule has 40 heavy (non-hydrogen) atoms. The van der Waals surface area contributed by atoms with E-state index in [2.05, 4.69) is 9.97 Å². The molecular formula is C28H28F3N5O3S. The SMILES string of the molecule is COc1ccc(CCN(c2ccc(C(F)(F)F)cn2)c2ccc(S(N)(=O)=O)cc2-c2cn(C3CCC3)cn2)cc1. The Labute approximate surface area is 230 Å². The van der Waals surface area contributed by atoms with Gasteiger partial charge in [-0.2, -0.15) is 13.2 Å². The number of ether oxygens (including phenoxy) is 1. The molecule has 4 aromatic rings. The Bertz CT molecular complexity index is 1580. The number of nitrogens with two attached hydrogens (primary N) is 1. The highest BCUT2D eigenvalue weighted by molar-refractivity contribution is 7.89. The summed E-state index contributed by atoms with van der Waals surface area (Å²) in [5, 5.41) is 5.44.